The topological polar surface area (TPSA) is 3.24 Å². The van der Waals surface area contributed by atoms with Gasteiger partial charge >= 0.3 is 0 Å². The van der Waals surface area contributed by atoms with Crippen molar-refractivity contribution in [1.82, 2.24) is 0 Å². The third-order valence-corrected chi connectivity index (χ3v) is 14.4. The van der Waals surface area contributed by atoms with E-state index in [0.717, 1.165) is 32.1 Å². The molecule has 0 aliphatic heterocycles. The molecule has 0 N–H and O–H groups in total. The average molecular weight is 830 g/mol. The monoisotopic (exact) mass is 829 g/mol. The fourth-order valence-corrected chi connectivity index (χ4v) is 11.6. The Balaban J connectivity index is 1.10. The van der Waals surface area contributed by atoms with Crippen molar-refractivity contribution in [2.75, 3.05) is 4.90 Å². The number of nitrogens with zero attached hydrogens (tertiary/aromatic N) is 1. The molecule has 0 amide bonds. The molecule has 308 valence electrons. The first-order valence-electron chi connectivity index (χ1n) is 23.4. The minimum absolute atomic E-state index is 0.108. The van der Waals surface area contributed by atoms with Gasteiger partial charge in [0.05, 0.1) is 6.04 Å². The highest BCUT2D eigenvalue weighted by molar-refractivity contribution is 6.32. The molecular weight excluding hydrogens is 783 g/mol. The van der Waals surface area contributed by atoms with E-state index < -0.39 is 0 Å². The molecule has 0 saturated heterocycles. The van der Waals surface area contributed by atoms with Crippen molar-refractivity contribution < 1.29 is 0 Å². The third kappa shape index (κ3) is 6.14. The second-order valence-electron chi connectivity index (χ2n) is 18.0. The summed E-state index contributed by atoms with van der Waals surface area (Å²) in [5, 5.41) is 10.5. The van der Waals surface area contributed by atoms with E-state index in [0.29, 0.717) is 0 Å². The number of anilines is 2. The summed E-state index contributed by atoms with van der Waals surface area (Å²) in [6.07, 6.45) is 24.0. The lowest BCUT2D eigenvalue weighted by Gasteiger charge is -2.35. The molecule has 4 aliphatic rings. The smallest absolute Gasteiger partial charge is 0.0560 e. The van der Waals surface area contributed by atoms with Gasteiger partial charge in [0.25, 0.3) is 0 Å². The molecule has 0 radical (unpaired) electrons. The van der Waals surface area contributed by atoms with E-state index in [4.69, 9.17) is 0 Å². The summed E-state index contributed by atoms with van der Waals surface area (Å²) in [7, 11) is 0. The highest BCUT2D eigenvalue weighted by Crippen LogP contribution is 2.52. The van der Waals surface area contributed by atoms with Crippen LogP contribution in [0.15, 0.2) is 218 Å². The predicted octanol–water partition coefficient (Wildman–Crippen LogP) is 17.5. The Bertz CT molecular complexity index is 3600. The minimum Gasteiger partial charge on any atom is -0.334 e. The average Bonchev–Trinajstić information content (AvgIpc) is 3.72. The van der Waals surface area contributed by atoms with Gasteiger partial charge < -0.3 is 4.90 Å². The Morgan fingerprint density at radius 1 is 0.462 bits per heavy atom. The zero-order valence-electron chi connectivity index (χ0n) is 36.3. The number of rotatable bonds is 7. The van der Waals surface area contributed by atoms with Crippen LogP contribution >= 0.6 is 0 Å². The molecule has 0 saturated carbocycles. The van der Waals surface area contributed by atoms with Crippen LogP contribution in [0, 0.1) is 0 Å². The normalized spacial score (nSPS) is 16.4. The van der Waals surface area contributed by atoms with Gasteiger partial charge in [0.1, 0.15) is 0 Å². The number of hydrogen-bond donors (Lipinski definition) is 0. The van der Waals surface area contributed by atoms with Gasteiger partial charge in [-0.2, -0.15) is 0 Å². The molecule has 0 bridgehead atoms. The van der Waals surface area contributed by atoms with Gasteiger partial charge in [0.15, 0.2) is 0 Å². The second kappa shape index (κ2) is 15.5. The van der Waals surface area contributed by atoms with E-state index >= 15 is 0 Å². The van der Waals surface area contributed by atoms with E-state index in [9.17, 15) is 0 Å². The summed E-state index contributed by atoms with van der Waals surface area (Å²) in [5.74, 6) is 0. The second-order valence-corrected chi connectivity index (χ2v) is 18.0. The summed E-state index contributed by atoms with van der Waals surface area (Å²) >= 11 is 0. The first kappa shape index (κ1) is 37.8. The number of fused-ring (bicyclic) bond motifs is 8. The van der Waals surface area contributed by atoms with Crippen molar-refractivity contribution in [3.8, 4) is 22.3 Å². The maximum Gasteiger partial charge on any atom is 0.0560 e. The number of benzene rings is 9. The summed E-state index contributed by atoms with van der Waals surface area (Å²) in [4.78, 5) is 2.65. The minimum atomic E-state index is 0.108. The van der Waals surface area contributed by atoms with Gasteiger partial charge in [-0.1, -0.05) is 194 Å². The molecule has 4 aliphatic carbocycles. The molecule has 9 aromatic carbocycles. The highest BCUT2D eigenvalue weighted by atomic mass is 15.2. The maximum atomic E-state index is 2.65. The van der Waals surface area contributed by atoms with Crippen LogP contribution in [0.5, 0.6) is 0 Å². The summed E-state index contributed by atoms with van der Waals surface area (Å²) in [5.41, 5.74) is 18.4. The summed E-state index contributed by atoms with van der Waals surface area (Å²) < 4.78 is 0. The number of allylic oxidation sites excluding steroid dienone is 10. The molecule has 1 unspecified atom stereocenters. The van der Waals surface area contributed by atoms with Crippen LogP contribution in [0.3, 0.4) is 0 Å². The first-order chi connectivity index (χ1) is 32.3. The van der Waals surface area contributed by atoms with Gasteiger partial charge in [-0.15, -0.1) is 0 Å². The molecule has 0 fully saturated rings. The third-order valence-electron chi connectivity index (χ3n) is 14.4. The Labute approximate surface area is 381 Å². The Kier molecular flexibility index (Phi) is 9.01. The highest BCUT2D eigenvalue weighted by Gasteiger charge is 2.30. The Hall–Kier alpha value is -7.74. The van der Waals surface area contributed by atoms with E-state index in [1.807, 2.05) is 0 Å². The van der Waals surface area contributed by atoms with Crippen LogP contribution in [0.4, 0.5) is 11.4 Å². The largest absolute Gasteiger partial charge is 0.334 e. The van der Waals surface area contributed by atoms with Crippen molar-refractivity contribution >= 4 is 76.8 Å². The van der Waals surface area contributed by atoms with Gasteiger partial charge in [-0.25, -0.2) is 0 Å². The van der Waals surface area contributed by atoms with Crippen molar-refractivity contribution in [1.29, 1.82) is 0 Å². The predicted molar refractivity (Wildman–Crippen MR) is 279 cm³/mol. The molecule has 0 heterocycles. The summed E-state index contributed by atoms with van der Waals surface area (Å²) in [6, 6.07) is 63.9. The molecule has 65 heavy (non-hydrogen) atoms. The molecule has 0 spiro atoms. The van der Waals surface area contributed by atoms with Crippen LogP contribution in [0.25, 0.3) is 87.6 Å². The molecular formula is C64H47N. The summed E-state index contributed by atoms with van der Waals surface area (Å²) in [6.45, 7) is 0. The molecule has 1 heteroatoms. The molecule has 0 aromatic heterocycles. The van der Waals surface area contributed by atoms with Crippen molar-refractivity contribution in [2.24, 2.45) is 0 Å². The molecule has 13 rings (SSSR count). The number of hydrogen-bond acceptors (Lipinski definition) is 1. The van der Waals surface area contributed by atoms with Crippen molar-refractivity contribution in [3.05, 3.63) is 241 Å². The standard InChI is InChI=1S/C64H47N/c1-5-18-42(19-6-1)43-32-34-47(35-33-43)65(60-39-38-54-50-27-14-13-26-49(50)52-30-17-31-56(60)62(52)54)48-36-37-55-59(40-48)51-28-15-16-29-53(51)63-58(45-22-9-3-10-23-45)41-57(44-20-7-2-8-21-44)61(64(55)63)46-24-11-4-12-25-46/h1-11,14-24,27-34,36-41,47H,12-13,25-26,35H2. The zero-order valence-corrected chi connectivity index (χ0v) is 36.3. The van der Waals surface area contributed by atoms with E-state index in [1.165, 1.54) is 121 Å². The van der Waals surface area contributed by atoms with Crippen LogP contribution in [-0.2, 0) is 0 Å². The van der Waals surface area contributed by atoms with Crippen LogP contribution in [0.1, 0.15) is 54.4 Å². The fraction of sp³-hybridized carbons (Fsp3) is 0.0938. The van der Waals surface area contributed by atoms with E-state index in [2.05, 4.69) is 223 Å². The van der Waals surface area contributed by atoms with Crippen molar-refractivity contribution in [2.45, 2.75) is 38.1 Å². The fourth-order valence-electron chi connectivity index (χ4n) is 11.6. The molecule has 9 aromatic rings. The lowest BCUT2D eigenvalue weighted by molar-refractivity contribution is 0.790. The SMILES string of the molecule is C1=CCCC(c2c(-c3ccccc3)cc(-c3ccccc3)c3c4ccccc4c4cc(N(c5ccc6c7c(cccc57)C5=C6C=CCC5)C5C=CC(c6ccccc6)=CC5)ccc4c23)=C1. The van der Waals surface area contributed by atoms with Gasteiger partial charge in [0.2, 0.25) is 0 Å². The quantitative estimate of drug-likeness (QED) is 0.145. The Morgan fingerprint density at radius 3 is 1.92 bits per heavy atom. The lowest BCUT2D eigenvalue weighted by atomic mass is 9.80. The van der Waals surface area contributed by atoms with Crippen LogP contribution in [-0.4, -0.2) is 6.04 Å². The first-order valence-corrected chi connectivity index (χ1v) is 23.4. The lowest BCUT2D eigenvalue weighted by Crippen LogP contribution is -2.30. The van der Waals surface area contributed by atoms with E-state index in [-0.39, 0.29) is 6.04 Å². The van der Waals surface area contributed by atoms with Crippen LogP contribution < -0.4 is 4.90 Å². The zero-order chi connectivity index (χ0) is 42.8. The maximum absolute atomic E-state index is 2.65. The van der Waals surface area contributed by atoms with Crippen molar-refractivity contribution in [3.63, 3.8) is 0 Å². The van der Waals surface area contributed by atoms with Gasteiger partial charge in [-0.05, 0) is 161 Å². The molecule has 1 atom stereocenters. The van der Waals surface area contributed by atoms with E-state index in [1.54, 1.807) is 0 Å². The van der Waals surface area contributed by atoms with Gasteiger partial charge in [-0.3, -0.25) is 0 Å². The van der Waals surface area contributed by atoms with Gasteiger partial charge in [0, 0.05) is 16.8 Å². The van der Waals surface area contributed by atoms with Crippen LogP contribution in [0.2, 0.25) is 0 Å². The Morgan fingerprint density at radius 2 is 1.17 bits per heavy atom. The molecule has 1 nitrogen and oxygen atoms in total.